The Labute approximate surface area is 204 Å². The number of carbonyl (C=O) groups excluding carboxylic acids is 1. The molecule has 0 saturated carbocycles. The van der Waals surface area contributed by atoms with Crippen LogP contribution in [0.5, 0.6) is 5.75 Å². The van der Waals surface area contributed by atoms with Gasteiger partial charge in [0.25, 0.3) is 5.91 Å². The zero-order chi connectivity index (χ0) is 23.9. The Bertz CT molecular complexity index is 1310. The summed E-state index contributed by atoms with van der Waals surface area (Å²) in [6.45, 7) is 6.66. The van der Waals surface area contributed by atoms with Gasteiger partial charge in [-0.1, -0.05) is 66.2 Å². The summed E-state index contributed by atoms with van der Waals surface area (Å²) in [4.78, 5) is 15.4. The highest BCUT2D eigenvalue weighted by Crippen LogP contribution is 2.46. The highest BCUT2D eigenvalue weighted by Gasteiger charge is 2.46. The highest BCUT2D eigenvalue weighted by molar-refractivity contribution is 6.30. The zero-order valence-corrected chi connectivity index (χ0v) is 20.1. The van der Waals surface area contributed by atoms with Crippen LogP contribution < -0.4 is 4.74 Å². The summed E-state index contributed by atoms with van der Waals surface area (Å²) in [7, 11) is 0. The Morgan fingerprint density at radius 2 is 1.65 bits per heavy atom. The number of rotatable bonds is 5. The van der Waals surface area contributed by atoms with Crippen molar-refractivity contribution in [2.45, 2.75) is 39.0 Å². The van der Waals surface area contributed by atoms with Gasteiger partial charge in [-0.3, -0.25) is 9.89 Å². The van der Waals surface area contributed by atoms with E-state index in [9.17, 15) is 4.79 Å². The van der Waals surface area contributed by atoms with Crippen LogP contribution in [0, 0.1) is 0 Å². The van der Waals surface area contributed by atoms with Gasteiger partial charge in [0.15, 0.2) is 0 Å². The number of aromatic nitrogens is 2. The number of benzene rings is 3. The predicted octanol–water partition coefficient (Wildman–Crippen LogP) is 6.65. The second-order valence-electron chi connectivity index (χ2n) is 9.46. The summed E-state index contributed by atoms with van der Waals surface area (Å²) in [5, 5.41) is 8.18. The largest absolute Gasteiger partial charge is 0.489 e. The monoisotopic (exact) mass is 471 g/mol. The molecule has 172 valence electrons. The lowest BCUT2D eigenvalue weighted by atomic mass is 9.93. The molecule has 0 spiro atoms. The smallest absolute Gasteiger partial charge is 0.273 e. The number of nitrogens with zero attached hydrogens (tertiary/aromatic N) is 2. The van der Waals surface area contributed by atoms with E-state index < -0.39 is 0 Å². The molecule has 1 aliphatic heterocycles. The van der Waals surface area contributed by atoms with Crippen molar-refractivity contribution >= 4 is 17.5 Å². The fourth-order valence-corrected chi connectivity index (χ4v) is 4.60. The molecule has 0 radical (unpaired) electrons. The van der Waals surface area contributed by atoms with Gasteiger partial charge in [-0.25, -0.2) is 0 Å². The molecule has 0 bridgehead atoms. The van der Waals surface area contributed by atoms with E-state index in [4.69, 9.17) is 16.3 Å². The quantitative estimate of drug-likeness (QED) is 0.354. The van der Waals surface area contributed by atoms with Gasteiger partial charge in [-0.05, 0) is 56.2 Å². The summed E-state index contributed by atoms with van der Waals surface area (Å²) < 4.78 is 5.97. The highest BCUT2D eigenvalue weighted by atomic mass is 35.5. The van der Waals surface area contributed by atoms with Gasteiger partial charge in [-0.2, -0.15) is 5.10 Å². The minimum atomic E-state index is -0.388. The Hall–Kier alpha value is -3.57. The molecule has 4 aromatic rings. The van der Waals surface area contributed by atoms with Crippen LogP contribution >= 0.6 is 11.6 Å². The summed E-state index contributed by atoms with van der Waals surface area (Å²) in [5.41, 5.74) is 4.84. The number of amides is 1. The SMILES string of the molecule is CC(C)(C)N1C(=O)c2[nH]nc(-c3ccc(Cl)cc3)c2C1c1ccc(OCc2ccccc2)cc1. The van der Waals surface area contributed by atoms with Gasteiger partial charge in [-0.15, -0.1) is 0 Å². The van der Waals surface area contributed by atoms with Crippen molar-refractivity contribution in [3.05, 3.63) is 106 Å². The second kappa shape index (κ2) is 8.65. The molecule has 1 atom stereocenters. The molecule has 1 amide bonds. The fourth-order valence-electron chi connectivity index (χ4n) is 4.47. The first-order chi connectivity index (χ1) is 16.3. The third-order valence-corrected chi connectivity index (χ3v) is 6.30. The standard InChI is InChI=1S/C28H26ClN3O2/c1-28(2,3)32-26(20-11-15-22(16-12-20)34-17-18-7-5-4-6-8-18)23-24(30-31-25(23)27(32)33)19-9-13-21(29)14-10-19/h4-16,26H,17H2,1-3H3,(H,30,31). The van der Waals surface area contributed by atoms with Crippen molar-refractivity contribution in [1.29, 1.82) is 0 Å². The summed E-state index contributed by atoms with van der Waals surface area (Å²) in [5.74, 6) is 0.731. The van der Waals surface area contributed by atoms with Crippen LogP contribution in [-0.4, -0.2) is 26.5 Å². The van der Waals surface area contributed by atoms with Gasteiger partial charge in [0.05, 0.1) is 11.7 Å². The van der Waals surface area contributed by atoms with E-state index in [2.05, 4.69) is 31.0 Å². The minimum absolute atomic E-state index is 0.0513. The molecule has 6 heteroatoms. The maximum Gasteiger partial charge on any atom is 0.273 e. The van der Waals surface area contributed by atoms with Crippen LogP contribution in [0.25, 0.3) is 11.3 Å². The van der Waals surface area contributed by atoms with Gasteiger partial charge < -0.3 is 9.64 Å². The van der Waals surface area contributed by atoms with Gasteiger partial charge in [0.1, 0.15) is 18.1 Å². The van der Waals surface area contributed by atoms with Gasteiger partial charge >= 0.3 is 0 Å². The van der Waals surface area contributed by atoms with Crippen LogP contribution in [0.2, 0.25) is 5.02 Å². The molecule has 1 N–H and O–H groups in total. The number of aromatic amines is 1. The van der Waals surface area contributed by atoms with Crippen LogP contribution in [-0.2, 0) is 6.61 Å². The average molecular weight is 472 g/mol. The number of ether oxygens (including phenoxy) is 1. The van der Waals surface area contributed by atoms with Crippen molar-refractivity contribution < 1.29 is 9.53 Å². The number of nitrogens with one attached hydrogen (secondary N) is 1. The lowest BCUT2D eigenvalue weighted by molar-refractivity contribution is 0.0546. The van der Waals surface area contributed by atoms with Crippen molar-refractivity contribution in [3.8, 4) is 17.0 Å². The van der Waals surface area contributed by atoms with Crippen LogP contribution in [0.4, 0.5) is 0 Å². The van der Waals surface area contributed by atoms with Gasteiger partial charge in [0.2, 0.25) is 0 Å². The molecule has 5 nitrogen and oxygen atoms in total. The Kier molecular flexibility index (Phi) is 5.66. The first-order valence-corrected chi connectivity index (χ1v) is 11.7. The summed E-state index contributed by atoms with van der Waals surface area (Å²) in [6, 6.07) is 25.3. The number of hydrogen-bond donors (Lipinski definition) is 1. The number of hydrogen-bond acceptors (Lipinski definition) is 3. The Morgan fingerprint density at radius 3 is 2.29 bits per heavy atom. The maximum absolute atomic E-state index is 13.5. The molecule has 0 aliphatic carbocycles. The molecule has 0 saturated heterocycles. The summed E-state index contributed by atoms with van der Waals surface area (Å²) >= 11 is 6.10. The third-order valence-electron chi connectivity index (χ3n) is 6.05. The Balaban J connectivity index is 1.51. The molecule has 3 aromatic carbocycles. The fraction of sp³-hybridized carbons (Fsp3) is 0.214. The minimum Gasteiger partial charge on any atom is -0.489 e. The first kappa shape index (κ1) is 22.2. The first-order valence-electron chi connectivity index (χ1n) is 11.3. The molecule has 0 fully saturated rings. The zero-order valence-electron chi connectivity index (χ0n) is 19.4. The second-order valence-corrected chi connectivity index (χ2v) is 9.90. The van der Waals surface area contributed by atoms with Crippen LogP contribution in [0.1, 0.15) is 54.0 Å². The molecule has 1 aromatic heterocycles. The van der Waals surface area contributed by atoms with Crippen molar-refractivity contribution in [1.82, 2.24) is 15.1 Å². The molecule has 5 rings (SSSR count). The predicted molar refractivity (Wildman–Crippen MR) is 134 cm³/mol. The third kappa shape index (κ3) is 4.08. The lowest BCUT2D eigenvalue weighted by Crippen LogP contribution is -2.44. The number of fused-ring (bicyclic) bond motifs is 1. The van der Waals surface area contributed by atoms with E-state index in [1.165, 1.54) is 0 Å². The van der Waals surface area contributed by atoms with E-state index >= 15 is 0 Å². The molecule has 34 heavy (non-hydrogen) atoms. The molecule has 1 unspecified atom stereocenters. The number of halogens is 1. The Morgan fingerprint density at radius 1 is 0.971 bits per heavy atom. The molecule has 1 aliphatic rings. The van der Waals surface area contributed by atoms with Crippen LogP contribution in [0.15, 0.2) is 78.9 Å². The van der Waals surface area contributed by atoms with Gasteiger partial charge in [0, 0.05) is 21.7 Å². The summed E-state index contributed by atoms with van der Waals surface area (Å²) in [6.07, 6.45) is 0. The van der Waals surface area contributed by atoms with Crippen molar-refractivity contribution in [2.75, 3.05) is 0 Å². The maximum atomic E-state index is 13.5. The average Bonchev–Trinajstić information content (AvgIpc) is 3.38. The van der Waals surface area contributed by atoms with E-state index in [0.717, 1.165) is 33.7 Å². The van der Waals surface area contributed by atoms with Crippen molar-refractivity contribution in [2.24, 2.45) is 0 Å². The van der Waals surface area contributed by atoms with Crippen LogP contribution in [0.3, 0.4) is 0 Å². The van der Waals surface area contributed by atoms with E-state index in [-0.39, 0.29) is 17.5 Å². The molecular weight excluding hydrogens is 446 g/mol. The topological polar surface area (TPSA) is 58.2 Å². The number of carbonyl (C=O) groups is 1. The lowest BCUT2D eigenvalue weighted by Gasteiger charge is -2.37. The van der Waals surface area contributed by atoms with E-state index in [1.807, 2.05) is 83.8 Å². The molecular formula is C28H26ClN3O2. The van der Waals surface area contributed by atoms with E-state index in [1.54, 1.807) is 0 Å². The van der Waals surface area contributed by atoms with E-state index in [0.29, 0.717) is 17.3 Å². The normalized spacial score (nSPS) is 15.5. The van der Waals surface area contributed by atoms with Crippen molar-refractivity contribution in [3.63, 3.8) is 0 Å². The number of H-pyrrole nitrogens is 1. The molecule has 2 heterocycles.